The van der Waals surface area contributed by atoms with Crippen LogP contribution in [0.2, 0.25) is 0 Å². The van der Waals surface area contributed by atoms with Crippen molar-refractivity contribution in [1.29, 1.82) is 0 Å². The lowest BCUT2D eigenvalue weighted by Gasteiger charge is -2.19. The number of ether oxygens (including phenoxy) is 3. The zero-order valence-corrected chi connectivity index (χ0v) is 27.4. The zero-order chi connectivity index (χ0) is 33.5. The van der Waals surface area contributed by atoms with Crippen LogP contribution in [0.3, 0.4) is 0 Å². The van der Waals surface area contributed by atoms with E-state index in [0.717, 1.165) is 28.1 Å². The van der Waals surface area contributed by atoms with Crippen LogP contribution < -0.4 is 35.6 Å². The van der Waals surface area contributed by atoms with Gasteiger partial charge in [-0.3, -0.25) is 14.4 Å². The Morgan fingerprint density at radius 2 is 1.79 bits per heavy atom. The van der Waals surface area contributed by atoms with Gasteiger partial charge in [0, 0.05) is 44.9 Å². The van der Waals surface area contributed by atoms with Crippen LogP contribution >= 0.6 is 0 Å². The van der Waals surface area contributed by atoms with Crippen LogP contribution in [0.25, 0.3) is 11.1 Å². The molecule has 0 saturated carbocycles. The first-order valence-corrected chi connectivity index (χ1v) is 15.6. The number of carbonyl (C=O) groups excluding carboxylic acids is 2. The maximum absolute atomic E-state index is 13.6. The minimum absolute atomic E-state index is 0.123. The van der Waals surface area contributed by atoms with Crippen molar-refractivity contribution in [1.82, 2.24) is 20.2 Å². The van der Waals surface area contributed by atoms with Crippen molar-refractivity contribution < 1.29 is 23.8 Å². The van der Waals surface area contributed by atoms with Crippen LogP contribution in [0.5, 0.6) is 17.2 Å². The fraction of sp³-hybridized carbons (Fsp3) is 0.333. The second-order valence-corrected chi connectivity index (χ2v) is 11.4. The van der Waals surface area contributed by atoms with E-state index in [1.54, 1.807) is 39.7 Å². The molecule has 5 rings (SSSR count). The van der Waals surface area contributed by atoms with E-state index in [4.69, 9.17) is 14.2 Å². The molecule has 0 saturated heterocycles. The van der Waals surface area contributed by atoms with Gasteiger partial charge in [-0.2, -0.15) is 0 Å². The molecule has 1 aliphatic rings. The number of nitrogens with zero attached hydrogens (tertiary/aromatic N) is 2. The van der Waals surface area contributed by atoms with Gasteiger partial charge in [0.25, 0.3) is 0 Å². The second kappa shape index (κ2) is 14.8. The van der Waals surface area contributed by atoms with Gasteiger partial charge in [-0.1, -0.05) is 36.4 Å². The van der Waals surface area contributed by atoms with Gasteiger partial charge in [0.2, 0.25) is 23.0 Å². The molecule has 0 radical (unpaired) electrons. The first kappa shape index (κ1) is 33.1. The van der Waals surface area contributed by atoms with Crippen molar-refractivity contribution in [3.63, 3.8) is 0 Å². The number of carbonyl (C=O) groups is 2. The first-order chi connectivity index (χ1) is 22.7. The molecule has 2 amide bonds. The van der Waals surface area contributed by atoms with Gasteiger partial charge in [0.1, 0.15) is 11.9 Å². The molecular weight excluding hydrogens is 598 g/mol. The molecule has 2 unspecified atom stereocenters. The van der Waals surface area contributed by atoms with Crippen LogP contribution in [0, 0.1) is 0 Å². The second-order valence-electron chi connectivity index (χ2n) is 11.4. The monoisotopic (exact) mass is 639 g/mol. The summed E-state index contributed by atoms with van der Waals surface area (Å²) >= 11 is 0. The highest BCUT2D eigenvalue weighted by molar-refractivity contribution is 5.84. The summed E-state index contributed by atoms with van der Waals surface area (Å²) in [6, 6.07) is 16.0. The number of aromatic nitrogens is 2. The molecule has 3 aromatic carbocycles. The van der Waals surface area contributed by atoms with Gasteiger partial charge in [-0.05, 0) is 59.7 Å². The first-order valence-electron chi connectivity index (χ1n) is 15.6. The predicted molar refractivity (Wildman–Crippen MR) is 180 cm³/mol. The normalized spacial score (nSPS) is 14.1. The van der Waals surface area contributed by atoms with E-state index in [1.165, 1.54) is 6.92 Å². The minimum Gasteiger partial charge on any atom is -0.493 e. The highest BCUT2D eigenvalue weighted by Crippen LogP contribution is 2.50. The van der Waals surface area contributed by atoms with E-state index in [2.05, 4.69) is 20.9 Å². The number of hydrogen-bond donors (Lipinski definition) is 3. The number of nitrogens with one attached hydrogen (secondary N) is 3. The van der Waals surface area contributed by atoms with Crippen molar-refractivity contribution in [3.8, 4) is 28.4 Å². The summed E-state index contributed by atoms with van der Waals surface area (Å²) in [4.78, 5) is 43.3. The van der Waals surface area contributed by atoms with Gasteiger partial charge < -0.3 is 34.7 Å². The summed E-state index contributed by atoms with van der Waals surface area (Å²) in [5.74, 6) is 1.89. The molecule has 47 heavy (non-hydrogen) atoms. The number of rotatable bonds is 12. The van der Waals surface area contributed by atoms with E-state index in [1.807, 2.05) is 60.3 Å². The predicted octanol–water partition coefficient (Wildman–Crippen LogP) is 4.69. The average Bonchev–Trinajstić information content (AvgIpc) is 3.36. The van der Waals surface area contributed by atoms with E-state index in [0.29, 0.717) is 54.3 Å². The van der Waals surface area contributed by atoms with E-state index >= 15 is 0 Å². The highest BCUT2D eigenvalue weighted by Gasteiger charge is 2.29. The number of hydrogen-bond acceptors (Lipinski definition) is 8. The molecule has 0 spiro atoms. The summed E-state index contributed by atoms with van der Waals surface area (Å²) in [6.07, 6.45) is 5.49. The Morgan fingerprint density at radius 1 is 1.02 bits per heavy atom. The Balaban J connectivity index is 1.37. The van der Waals surface area contributed by atoms with Crippen LogP contribution in [-0.4, -0.2) is 49.2 Å². The average molecular weight is 640 g/mol. The third-order valence-corrected chi connectivity index (χ3v) is 8.37. The Labute approximate surface area is 274 Å². The van der Waals surface area contributed by atoms with Crippen molar-refractivity contribution in [2.75, 3.05) is 33.2 Å². The lowest BCUT2D eigenvalue weighted by molar-refractivity contribution is -0.122. The van der Waals surface area contributed by atoms with Crippen LogP contribution in [0.15, 0.2) is 71.8 Å². The van der Waals surface area contributed by atoms with Gasteiger partial charge in [0.15, 0.2) is 11.5 Å². The van der Waals surface area contributed by atoms with Crippen molar-refractivity contribution in [2.45, 2.75) is 44.7 Å². The molecule has 2 atom stereocenters. The Bertz CT molecular complexity index is 1810. The summed E-state index contributed by atoms with van der Waals surface area (Å²) < 4.78 is 19.0. The van der Waals surface area contributed by atoms with Gasteiger partial charge in [-0.15, -0.1) is 0 Å². The molecule has 0 bridgehead atoms. The number of benzene rings is 2. The maximum atomic E-state index is 13.6. The molecule has 1 aromatic heterocycles. The van der Waals surface area contributed by atoms with Crippen molar-refractivity contribution >= 4 is 17.5 Å². The summed E-state index contributed by atoms with van der Waals surface area (Å²) in [5, 5.41) is 9.36. The fourth-order valence-electron chi connectivity index (χ4n) is 6.16. The van der Waals surface area contributed by atoms with Crippen LogP contribution in [0.4, 0.5) is 5.69 Å². The van der Waals surface area contributed by atoms with Gasteiger partial charge in [-0.25, -0.2) is 4.98 Å². The molecule has 4 aromatic rings. The molecule has 11 nitrogen and oxygen atoms in total. The van der Waals surface area contributed by atoms with Gasteiger partial charge in [0.05, 0.1) is 33.1 Å². The number of methoxy groups -OCH3 is 3. The number of amides is 2. The summed E-state index contributed by atoms with van der Waals surface area (Å²) in [7, 11) is 6.58. The van der Waals surface area contributed by atoms with E-state index in [9.17, 15) is 14.4 Å². The third kappa shape index (κ3) is 7.24. The maximum Gasteiger partial charge on any atom is 0.220 e. The standard InChI is InChI=1S/C36H41N5O6/c1-22(42)39-27-15-13-24-20-30(45-3)34(46-4)35(47-5)32(24)25-14-16-28(29(43)21-26(25)27)37-17-9-12-31(44)40-33(23-10-7-6-8-11-23)36-38-18-19-41(36)2/h6-8,10-11,14,16,18-21,27,33H,9,12-13,15,17H2,1-5H3,(H,37,43)(H,39,42)(H,40,44). The summed E-state index contributed by atoms with van der Waals surface area (Å²) in [5.41, 5.74) is 4.26. The van der Waals surface area contributed by atoms with E-state index in [-0.39, 0.29) is 29.7 Å². The molecular formula is C36H41N5O6. The summed E-state index contributed by atoms with van der Waals surface area (Å²) in [6.45, 7) is 1.86. The number of fused-ring (bicyclic) bond motifs is 3. The van der Waals surface area contributed by atoms with Gasteiger partial charge >= 0.3 is 0 Å². The molecule has 11 heteroatoms. The van der Waals surface area contributed by atoms with Crippen molar-refractivity contribution in [3.05, 3.63) is 99.7 Å². The molecule has 0 fully saturated rings. The largest absolute Gasteiger partial charge is 0.493 e. The lowest BCUT2D eigenvalue weighted by Crippen LogP contribution is -2.31. The zero-order valence-electron chi connectivity index (χ0n) is 27.4. The molecule has 3 N–H and O–H groups in total. The molecule has 0 aliphatic heterocycles. The lowest BCUT2D eigenvalue weighted by atomic mass is 9.95. The third-order valence-electron chi connectivity index (χ3n) is 8.37. The Hall–Kier alpha value is -5.32. The SMILES string of the molecule is COc1cc2c(c(OC)c1OC)-c1ccc(NCCCC(=O)NC(c3ccccc3)c3nccn3C)c(=O)cc1C(NC(C)=O)CC2. The molecule has 1 heterocycles. The number of imidazole rings is 1. The highest BCUT2D eigenvalue weighted by atomic mass is 16.5. The Morgan fingerprint density at radius 3 is 2.45 bits per heavy atom. The Kier molecular flexibility index (Phi) is 10.4. The topological polar surface area (TPSA) is 133 Å². The number of anilines is 1. The smallest absolute Gasteiger partial charge is 0.220 e. The molecule has 246 valence electrons. The van der Waals surface area contributed by atoms with Crippen molar-refractivity contribution in [2.24, 2.45) is 7.05 Å². The van der Waals surface area contributed by atoms with Crippen LogP contribution in [-0.2, 0) is 23.1 Å². The van der Waals surface area contributed by atoms with E-state index < -0.39 is 6.04 Å². The minimum atomic E-state index is -0.399. The quantitative estimate of drug-likeness (QED) is 0.190. The molecule has 1 aliphatic carbocycles. The fourth-order valence-corrected chi connectivity index (χ4v) is 6.16. The number of aryl methyl sites for hydroxylation is 2. The van der Waals surface area contributed by atoms with Crippen LogP contribution in [0.1, 0.15) is 60.8 Å².